The minimum Gasteiger partial charge on any atom is -0.399 e. The fourth-order valence-electron chi connectivity index (χ4n) is 2.85. The molecular weight excluding hydrogens is 367 g/mol. The van der Waals surface area contributed by atoms with E-state index in [9.17, 15) is 18.0 Å². The highest BCUT2D eigenvalue weighted by atomic mass is 35.5. The lowest BCUT2D eigenvalue weighted by molar-refractivity contribution is -0.137. The quantitative estimate of drug-likeness (QED) is 0.802. The van der Waals surface area contributed by atoms with Crippen LogP contribution in [-0.4, -0.2) is 37.0 Å². The number of hydrogen-bond donors (Lipinski definition) is 1. The van der Waals surface area contributed by atoms with Crippen molar-refractivity contribution < 1.29 is 18.0 Å². The summed E-state index contributed by atoms with van der Waals surface area (Å²) in [6.07, 6.45) is -4.36. The average molecular weight is 386 g/mol. The van der Waals surface area contributed by atoms with E-state index in [1.165, 1.54) is 6.07 Å². The number of carbonyl (C=O) groups is 1. The van der Waals surface area contributed by atoms with Crippen LogP contribution >= 0.6 is 12.4 Å². The Kier molecular flexibility index (Phi) is 6.02. The van der Waals surface area contributed by atoms with Crippen LogP contribution in [-0.2, 0) is 6.18 Å². The third kappa shape index (κ3) is 4.40. The molecule has 0 spiro atoms. The minimum atomic E-state index is -4.36. The summed E-state index contributed by atoms with van der Waals surface area (Å²) in [5.74, 6) is -0.0938. The third-order valence-corrected chi connectivity index (χ3v) is 4.26. The Morgan fingerprint density at radius 3 is 2.15 bits per heavy atom. The zero-order valence-electron chi connectivity index (χ0n) is 13.9. The Labute approximate surface area is 155 Å². The summed E-state index contributed by atoms with van der Waals surface area (Å²) in [6.45, 7) is 1.89. The Morgan fingerprint density at radius 1 is 0.962 bits per heavy atom. The van der Waals surface area contributed by atoms with Crippen molar-refractivity contribution in [1.29, 1.82) is 0 Å². The Morgan fingerprint density at radius 2 is 1.58 bits per heavy atom. The Bertz CT molecular complexity index is 757. The minimum absolute atomic E-state index is 0. The summed E-state index contributed by atoms with van der Waals surface area (Å²) >= 11 is 0. The molecule has 0 aliphatic carbocycles. The molecule has 1 aliphatic rings. The molecule has 1 aliphatic heterocycles. The van der Waals surface area contributed by atoms with Crippen LogP contribution in [0.1, 0.15) is 15.9 Å². The fourth-order valence-corrected chi connectivity index (χ4v) is 2.85. The van der Waals surface area contributed by atoms with Gasteiger partial charge in [-0.05, 0) is 42.5 Å². The molecule has 1 amide bonds. The number of benzene rings is 2. The second-order valence-corrected chi connectivity index (χ2v) is 5.95. The van der Waals surface area contributed by atoms with Gasteiger partial charge in [0.1, 0.15) is 0 Å². The van der Waals surface area contributed by atoms with Gasteiger partial charge < -0.3 is 15.5 Å². The number of nitrogens with two attached hydrogens (primary N) is 1. The number of alkyl halides is 3. The van der Waals surface area contributed by atoms with E-state index in [0.29, 0.717) is 43.1 Å². The van der Waals surface area contributed by atoms with E-state index in [1.54, 1.807) is 35.2 Å². The van der Waals surface area contributed by atoms with Crippen molar-refractivity contribution in [3.63, 3.8) is 0 Å². The highest BCUT2D eigenvalue weighted by Gasteiger charge is 2.31. The summed E-state index contributed by atoms with van der Waals surface area (Å²) in [5, 5.41) is 0. The molecule has 0 atom stereocenters. The van der Waals surface area contributed by atoms with Crippen molar-refractivity contribution in [3.8, 4) is 0 Å². The topological polar surface area (TPSA) is 49.6 Å². The number of carbonyl (C=O) groups excluding carboxylic acids is 1. The maximum atomic E-state index is 12.8. The lowest BCUT2D eigenvalue weighted by atomic mass is 10.1. The second kappa shape index (κ2) is 7.86. The molecule has 2 aromatic carbocycles. The van der Waals surface area contributed by atoms with Crippen molar-refractivity contribution in [2.75, 3.05) is 36.8 Å². The second-order valence-electron chi connectivity index (χ2n) is 5.95. The summed E-state index contributed by atoms with van der Waals surface area (Å²) in [4.78, 5) is 16.0. The lowest BCUT2D eigenvalue weighted by Crippen LogP contribution is -2.48. The van der Waals surface area contributed by atoms with Gasteiger partial charge in [0.2, 0.25) is 0 Å². The molecule has 1 fully saturated rings. The van der Waals surface area contributed by atoms with Gasteiger partial charge in [0, 0.05) is 43.1 Å². The number of anilines is 2. The number of nitrogen functional groups attached to an aromatic ring is 1. The van der Waals surface area contributed by atoms with Gasteiger partial charge in [-0.3, -0.25) is 4.79 Å². The van der Waals surface area contributed by atoms with Crippen LogP contribution in [0.25, 0.3) is 0 Å². The van der Waals surface area contributed by atoms with Crippen molar-refractivity contribution >= 4 is 29.7 Å². The molecule has 140 valence electrons. The number of rotatable bonds is 2. The lowest BCUT2D eigenvalue weighted by Gasteiger charge is -2.36. The summed E-state index contributed by atoms with van der Waals surface area (Å²) < 4.78 is 38.5. The predicted octanol–water partition coefficient (Wildman–Crippen LogP) is 3.67. The molecular formula is C18H19ClF3N3O. The first-order valence-electron chi connectivity index (χ1n) is 7.91. The van der Waals surface area contributed by atoms with Crippen molar-refractivity contribution in [2.24, 2.45) is 0 Å². The maximum Gasteiger partial charge on any atom is 0.416 e. The average Bonchev–Trinajstić information content (AvgIpc) is 2.61. The molecule has 1 saturated heterocycles. The fraction of sp³-hybridized carbons (Fsp3) is 0.278. The molecule has 1 heterocycles. The monoisotopic (exact) mass is 385 g/mol. The molecule has 0 unspecified atom stereocenters. The molecule has 0 aromatic heterocycles. The number of hydrogen-bond acceptors (Lipinski definition) is 3. The van der Waals surface area contributed by atoms with Gasteiger partial charge in [-0.2, -0.15) is 13.2 Å². The van der Waals surface area contributed by atoms with Gasteiger partial charge in [-0.1, -0.05) is 6.07 Å². The van der Waals surface area contributed by atoms with E-state index < -0.39 is 11.7 Å². The van der Waals surface area contributed by atoms with E-state index in [0.717, 1.165) is 12.1 Å². The molecule has 2 N–H and O–H groups in total. The summed E-state index contributed by atoms with van der Waals surface area (Å²) in [6, 6.07) is 12.0. The highest BCUT2D eigenvalue weighted by molar-refractivity contribution is 5.94. The van der Waals surface area contributed by atoms with Crippen molar-refractivity contribution in [1.82, 2.24) is 4.90 Å². The number of nitrogens with zero attached hydrogens (tertiary/aromatic N) is 2. The summed E-state index contributed by atoms with van der Waals surface area (Å²) in [7, 11) is 0. The van der Waals surface area contributed by atoms with E-state index in [1.807, 2.05) is 4.90 Å². The molecule has 0 saturated carbocycles. The van der Waals surface area contributed by atoms with Gasteiger partial charge >= 0.3 is 6.18 Å². The predicted molar refractivity (Wildman–Crippen MR) is 97.7 cm³/mol. The standard InChI is InChI=1S/C18H18F3N3O.ClH/c19-18(20,21)14-2-1-3-16(12-14)23-8-10-24(11-9-23)17(25)13-4-6-15(22)7-5-13;/h1-7,12H,8-11,22H2;1H. The number of halogens is 4. The first kappa shape index (κ1) is 19.9. The Hall–Kier alpha value is -2.41. The van der Waals surface area contributed by atoms with Crippen LogP contribution in [0, 0.1) is 0 Å². The normalized spacial score (nSPS) is 14.7. The number of piperazine rings is 1. The van der Waals surface area contributed by atoms with Crippen LogP contribution in [0.2, 0.25) is 0 Å². The first-order valence-corrected chi connectivity index (χ1v) is 7.91. The van der Waals surface area contributed by atoms with E-state index in [4.69, 9.17) is 5.73 Å². The van der Waals surface area contributed by atoms with E-state index in [2.05, 4.69) is 0 Å². The zero-order chi connectivity index (χ0) is 18.0. The van der Waals surface area contributed by atoms with Gasteiger partial charge in [0.05, 0.1) is 5.56 Å². The molecule has 0 bridgehead atoms. The van der Waals surface area contributed by atoms with Crippen LogP contribution in [0.15, 0.2) is 48.5 Å². The Balaban J connectivity index is 0.00000243. The van der Waals surface area contributed by atoms with Crippen LogP contribution in [0.4, 0.5) is 24.5 Å². The largest absolute Gasteiger partial charge is 0.416 e. The van der Waals surface area contributed by atoms with Gasteiger partial charge in [-0.15, -0.1) is 12.4 Å². The third-order valence-electron chi connectivity index (χ3n) is 4.26. The highest BCUT2D eigenvalue weighted by Crippen LogP contribution is 2.31. The van der Waals surface area contributed by atoms with Gasteiger partial charge in [-0.25, -0.2) is 0 Å². The molecule has 2 aromatic rings. The molecule has 4 nitrogen and oxygen atoms in total. The maximum absolute atomic E-state index is 12.8. The van der Waals surface area contributed by atoms with Crippen LogP contribution in [0.3, 0.4) is 0 Å². The number of amides is 1. The molecule has 26 heavy (non-hydrogen) atoms. The van der Waals surface area contributed by atoms with Crippen molar-refractivity contribution in [3.05, 3.63) is 59.7 Å². The van der Waals surface area contributed by atoms with Gasteiger partial charge in [0.25, 0.3) is 5.91 Å². The smallest absolute Gasteiger partial charge is 0.399 e. The van der Waals surface area contributed by atoms with E-state index in [-0.39, 0.29) is 18.3 Å². The SMILES string of the molecule is Cl.Nc1ccc(C(=O)N2CCN(c3cccc(C(F)(F)F)c3)CC2)cc1. The summed E-state index contributed by atoms with van der Waals surface area (Å²) in [5.41, 5.74) is 6.63. The van der Waals surface area contributed by atoms with Gasteiger partial charge in [0.15, 0.2) is 0 Å². The van der Waals surface area contributed by atoms with Crippen molar-refractivity contribution in [2.45, 2.75) is 6.18 Å². The zero-order valence-corrected chi connectivity index (χ0v) is 14.7. The molecule has 3 rings (SSSR count). The van der Waals surface area contributed by atoms with Crippen LogP contribution < -0.4 is 10.6 Å². The molecule has 8 heteroatoms. The first-order chi connectivity index (χ1) is 11.8. The van der Waals surface area contributed by atoms with E-state index >= 15 is 0 Å². The molecule has 0 radical (unpaired) electrons. The van der Waals surface area contributed by atoms with Crippen LogP contribution in [0.5, 0.6) is 0 Å².